The maximum Gasteiger partial charge on any atom is 0.256 e. The van der Waals surface area contributed by atoms with Crippen LogP contribution in [-0.4, -0.2) is 24.4 Å². The third-order valence-electron chi connectivity index (χ3n) is 1.87. The number of hydrogen-bond acceptors (Lipinski definition) is 1. The third kappa shape index (κ3) is 2.05. The van der Waals surface area contributed by atoms with E-state index in [0.717, 1.165) is 6.07 Å². The van der Waals surface area contributed by atoms with Gasteiger partial charge in [-0.15, -0.1) is 0 Å². The van der Waals surface area contributed by atoms with Gasteiger partial charge in [0.15, 0.2) is 0 Å². The molecule has 13 heavy (non-hydrogen) atoms. The van der Waals surface area contributed by atoms with Crippen LogP contribution in [0.4, 0.5) is 4.39 Å². The van der Waals surface area contributed by atoms with E-state index >= 15 is 0 Å². The summed E-state index contributed by atoms with van der Waals surface area (Å²) in [6.07, 6.45) is 0. The molecule has 0 unspecified atom stereocenters. The number of benzene rings is 1. The van der Waals surface area contributed by atoms with Crippen LogP contribution < -0.4 is 0 Å². The number of carbonyl (C=O) groups is 1. The number of halogens is 1. The van der Waals surface area contributed by atoms with E-state index in [0.29, 0.717) is 6.54 Å². The van der Waals surface area contributed by atoms with Crippen molar-refractivity contribution in [3.05, 3.63) is 35.6 Å². The van der Waals surface area contributed by atoms with Gasteiger partial charge in [-0.25, -0.2) is 4.39 Å². The van der Waals surface area contributed by atoms with Crippen LogP contribution in [0.15, 0.2) is 18.2 Å². The van der Waals surface area contributed by atoms with Gasteiger partial charge in [0.05, 0.1) is 5.56 Å². The molecule has 0 saturated heterocycles. The summed E-state index contributed by atoms with van der Waals surface area (Å²) in [6.45, 7) is 2.40. The lowest BCUT2D eigenvalue weighted by Crippen LogP contribution is -2.26. The predicted octanol–water partition coefficient (Wildman–Crippen LogP) is 1.72. The molecule has 3 heteroatoms. The zero-order valence-corrected chi connectivity index (χ0v) is 7.67. The SMILES string of the molecule is CCN(C)C(=O)c1cc[c]cc1F. The van der Waals surface area contributed by atoms with Crippen molar-refractivity contribution in [2.75, 3.05) is 13.6 Å². The molecule has 0 saturated carbocycles. The van der Waals surface area contributed by atoms with Crippen molar-refractivity contribution in [3.63, 3.8) is 0 Å². The Bertz CT molecular complexity index is 312. The molecule has 0 bridgehead atoms. The number of nitrogens with zero attached hydrogens (tertiary/aromatic N) is 1. The molecule has 0 atom stereocenters. The fraction of sp³-hybridized carbons (Fsp3) is 0.300. The van der Waals surface area contributed by atoms with Crippen molar-refractivity contribution in [1.29, 1.82) is 0 Å². The third-order valence-corrected chi connectivity index (χ3v) is 1.87. The van der Waals surface area contributed by atoms with E-state index in [2.05, 4.69) is 6.07 Å². The van der Waals surface area contributed by atoms with E-state index in [4.69, 9.17) is 0 Å². The molecular weight excluding hydrogens is 169 g/mol. The Morgan fingerprint density at radius 3 is 2.92 bits per heavy atom. The average molecular weight is 180 g/mol. The highest BCUT2D eigenvalue weighted by Crippen LogP contribution is 2.08. The van der Waals surface area contributed by atoms with Crippen LogP contribution in [0, 0.1) is 11.9 Å². The zero-order chi connectivity index (χ0) is 9.84. The van der Waals surface area contributed by atoms with Crippen LogP contribution in [-0.2, 0) is 0 Å². The molecule has 0 aromatic heterocycles. The monoisotopic (exact) mass is 180 g/mol. The molecule has 1 amide bonds. The van der Waals surface area contributed by atoms with Gasteiger partial charge in [-0.05, 0) is 25.1 Å². The van der Waals surface area contributed by atoms with E-state index in [1.807, 2.05) is 6.92 Å². The van der Waals surface area contributed by atoms with E-state index in [1.165, 1.54) is 17.0 Å². The summed E-state index contributed by atoms with van der Waals surface area (Å²) in [4.78, 5) is 12.9. The smallest absolute Gasteiger partial charge is 0.256 e. The largest absolute Gasteiger partial charge is 0.342 e. The first-order chi connectivity index (χ1) is 6.16. The number of hydrogen-bond donors (Lipinski definition) is 0. The lowest BCUT2D eigenvalue weighted by Gasteiger charge is -2.14. The molecule has 2 nitrogen and oxygen atoms in total. The average Bonchev–Trinajstić information content (AvgIpc) is 2.16. The first kappa shape index (κ1) is 9.71. The first-order valence-electron chi connectivity index (χ1n) is 4.08. The van der Waals surface area contributed by atoms with Crippen LogP contribution in [0.1, 0.15) is 17.3 Å². The molecule has 0 heterocycles. The van der Waals surface area contributed by atoms with Crippen LogP contribution in [0.25, 0.3) is 0 Å². The molecular formula is C10H11FNO. The molecule has 1 aromatic rings. The highest BCUT2D eigenvalue weighted by molar-refractivity contribution is 5.94. The van der Waals surface area contributed by atoms with E-state index < -0.39 is 5.82 Å². The second kappa shape index (κ2) is 4.03. The lowest BCUT2D eigenvalue weighted by molar-refractivity contribution is 0.0798. The minimum absolute atomic E-state index is 0.100. The maximum atomic E-state index is 13.1. The quantitative estimate of drug-likeness (QED) is 0.678. The maximum absolute atomic E-state index is 13.1. The predicted molar refractivity (Wildman–Crippen MR) is 47.9 cm³/mol. The fourth-order valence-corrected chi connectivity index (χ4v) is 0.933. The van der Waals surface area contributed by atoms with Crippen LogP contribution in [0.3, 0.4) is 0 Å². The Kier molecular flexibility index (Phi) is 3.01. The zero-order valence-electron chi connectivity index (χ0n) is 7.67. The van der Waals surface area contributed by atoms with Crippen molar-refractivity contribution in [3.8, 4) is 0 Å². The second-order valence-corrected chi connectivity index (χ2v) is 2.73. The van der Waals surface area contributed by atoms with Gasteiger partial charge in [0.2, 0.25) is 0 Å². The molecule has 69 valence electrons. The van der Waals surface area contributed by atoms with E-state index in [1.54, 1.807) is 7.05 Å². The highest BCUT2D eigenvalue weighted by atomic mass is 19.1. The fourth-order valence-electron chi connectivity index (χ4n) is 0.933. The standard InChI is InChI=1S/C10H11FNO/c1-3-12(2)10(13)8-6-4-5-7-9(8)11/h4,6-7H,3H2,1-2H3. The van der Waals surface area contributed by atoms with Crippen molar-refractivity contribution in [2.45, 2.75) is 6.92 Å². The first-order valence-corrected chi connectivity index (χ1v) is 4.08. The summed E-state index contributed by atoms with van der Waals surface area (Å²) in [5.74, 6) is -0.818. The summed E-state index contributed by atoms with van der Waals surface area (Å²) in [5, 5.41) is 0. The van der Waals surface area contributed by atoms with Crippen LogP contribution in [0.2, 0.25) is 0 Å². The van der Waals surface area contributed by atoms with Gasteiger partial charge in [0.25, 0.3) is 5.91 Å². The molecule has 0 spiro atoms. The molecule has 0 aliphatic heterocycles. The second-order valence-electron chi connectivity index (χ2n) is 2.73. The highest BCUT2D eigenvalue weighted by Gasteiger charge is 2.13. The van der Waals surface area contributed by atoms with Gasteiger partial charge in [-0.2, -0.15) is 0 Å². The lowest BCUT2D eigenvalue weighted by atomic mass is 10.2. The van der Waals surface area contributed by atoms with Crippen LogP contribution >= 0.6 is 0 Å². The Labute approximate surface area is 77.0 Å². The van der Waals surface area contributed by atoms with E-state index in [9.17, 15) is 9.18 Å². The molecule has 1 aromatic carbocycles. The summed E-state index contributed by atoms with van der Waals surface area (Å²) < 4.78 is 13.1. The Morgan fingerprint density at radius 2 is 2.38 bits per heavy atom. The van der Waals surface area contributed by atoms with Gasteiger partial charge < -0.3 is 4.90 Å². The normalized spacial score (nSPS) is 9.77. The van der Waals surface area contributed by atoms with Crippen molar-refractivity contribution in [1.82, 2.24) is 4.90 Å². The Balaban J connectivity index is 2.95. The minimum atomic E-state index is -0.521. The van der Waals surface area contributed by atoms with Crippen LogP contribution in [0.5, 0.6) is 0 Å². The Hall–Kier alpha value is -1.38. The molecule has 1 rings (SSSR count). The topological polar surface area (TPSA) is 20.3 Å². The van der Waals surface area contributed by atoms with Crippen molar-refractivity contribution < 1.29 is 9.18 Å². The molecule has 0 aliphatic carbocycles. The van der Waals surface area contributed by atoms with E-state index in [-0.39, 0.29) is 11.5 Å². The molecule has 0 aliphatic rings. The number of rotatable bonds is 2. The number of amides is 1. The molecule has 1 radical (unpaired) electrons. The van der Waals surface area contributed by atoms with Crippen molar-refractivity contribution >= 4 is 5.91 Å². The summed E-state index contributed by atoms with van der Waals surface area (Å²) in [7, 11) is 1.64. The Morgan fingerprint density at radius 1 is 1.69 bits per heavy atom. The number of carbonyl (C=O) groups excluding carboxylic acids is 1. The van der Waals surface area contributed by atoms with Crippen molar-refractivity contribution in [2.24, 2.45) is 0 Å². The van der Waals surface area contributed by atoms with Gasteiger partial charge in [-0.3, -0.25) is 4.79 Å². The van der Waals surface area contributed by atoms with Gasteiger partial charge in [0.1, 0.15) is 5.82 Å². The van der Waals surface area contributed by atoms with Gasteiger partial charge in [0, 0.05) is 13.6 Å². The minimum Gasteiger partial charge on any atom is -0.342 e. The summed E-state index contributed by atoms with van der Waals surface area (Å²) in [6, 6.07) is 6.69. The van der Waals surface area contributed by atoms with Gasteiger partial charge >= 0.3 is 0 Å². The molecule has 0 fully saturated rings. The summed E-state index contributed by atoms with van der Waals surface area (Å²) >= 11 is 0. The van der Waals surface area contributed by atoms with Gasteiger partial charge in [-0.1, -0.05) is 6.07 Å². The molecule has 0 N–H and O–H groups in total. The summed E-state index contributed by atoms with van der Waals surface area (Å²) in [5.41, 5.74) is 0.100.